The van der Waals surface area contributed by atoms with Gasteiger partial charge in [-0.1, -0.05) is 23.8 Å². The van der Waals surface area contributed by atoms with Crippen LogP contribution in [-0.4, -0.2) is 35.0 Å². The zero-order valence-corrected chi connectivity index (χ0v) is 15.3. The van der Waals surface area contributed by atoms with E-state index < -0.39 is 11.2 Å². The van der Waals surface area contributed by atoms with Crippen molar-refractivity contribution in [3.8, 4) is 0 Å². The van der Waals surface area contributed by atoms with Crippen LogP contribution >= 0.6 is 0 Å². The van der Waals surface area contributed by atoms with Gasteiger partial charge in [0, 0.05) is 30.7 Å². The van der Waals surface area contributed by atoms with E-state index in [9.17, 15) is 9.59 Å². The monoisotopic (exact) mass is 361 g/mol. The molecule has 0 fully saturated rings. The van der Waals surface area contributed by atoms with Gasteiger partial charge in [0.25, 0.3) is 0 Å². The molecule has 0 aliphatic rings. The van der Waals surface area contributed by atoms with Gasteiger partial charge in [0.1, 0.15) is 5.52 Å². The Kier molecular flexibility index (Phi) is 3.92. The normalized spacial score (nSPS) is 11.7. The third-order valence-corrected chi connectivity index (χ3v) is 4.52. The average molecular weight is 361 g/mol. The second-order valence-corrected chi connectivity index (χ2v) is 6.70. The number of nitrogens with zero attached hydrogens (tertiary/aromatic N) is 3. The van der Waals surface area contributed by atoms with Crippen LogP contribution in [0.25, 0.3) is 21.9 Å². The van der Waals surface area contributed by atoms with Crippen LogP contribution in [0.3, 0.4) is 0 Å². The van der Waals surface area contributed by atoms with E-state index in [1.165, 1.54) is 6.21 Å². The molecule has 0 saturated heterocycles. The van der Waals surface area contributed by atoms with Crippen molar-refractivity contribution in [1.82, 2.24) is 14.6 Å². The van der Waals surface area contributed by atoms with Crippen LogP contribution in [0, 0.1) is 6.92 Å². The highest BCUT2D eigenvalue weighted by atomic mass is 16.2. The van der Waals surface area contributed by atoms with Gasteiger partial charge in [-0.15, -0.1) is 4.68 Å². The van der Waals surface area contributed by atoms with Crippen LogP contribution in [0.4, 0.5) is 5.69 Å². The molecule has 4 rings (SSSR count). The summed E-state index contributed by atoms with van der Waals surface area (Å²) in [5, 5.41) is 4.90. The van der Waals surface area contributed by atoms with E-state index in [-0.39, 0.29) is 0 Å². The predicted molar refractivity (Wildman–Crippen MR) is 109 cm³/mol. The molecule has 0 saturated carbocycles. The minimum atomic E-state index is -0.573. The third kappa shape index (κ3) is 2.93. The fraction of sp³-hybridized carbons (Fsp3) is 0.150. The second kappa shape index (κ2) is 6.28. The standard InChI is InChI=1S/C20H19N5O2/c1-12-4-9-16-15(10-12)17-18(22-16)19(26)25(20(27)23-17)21-11-13-5-7-14(8-6-13)24(2)3/h4-11,22H,1-3H3,(H,23,27). The number of benzene rings is 2. The minimum absolute atomic E-state index is 0.329. The smallest absolute Gasteiger partial charge is 0.350 e. The lowest BCUT2D eigenvalue weighted by Gasteiger charge is -2.11. The van der Waals surface area contributed by atoms with Crippen LogP contribution in [0.2, 0.25) is 0 Å². The van der Waals surface area contributed by atoms with Crippen molar-refractivity contribution in [2.24, 2.45) is 5.10 Å². The lowest BCUT2D eigenvalue weighted by Crippen LogP contribution is -2.32. The van der Waals surface area contributed by atoms with Gasteiger partial charge in [-0.25, -0.2) is 4.79 Å². The van der Waals surface area contributed by atoms with Gasteiger partial charge in [0.05, 0.1) is 11.7 Å². The Hall–Kier alpha value is -3.61. The molecule has 0 aliphatic heterocycles. The molecule has 2 N–H and O–H groups in total. The topological polar surface area (TPSA) is 86.2 Å². The summed E-state index contributed by atoms with van der Waals surface area (Å²) in [6.45, 7) is 1.96. The van der Waals surface area contributed by atoms with E-state index in [1.54, 1.807) is 0 Å². The van der Waals surface area contributed by atoms with E-state index in [4.69, 9.17) is 0 Å². The van der Waals surface area contributed by atoms with Crippen LogP contribution < -0.4 is 16.1 Å². The number of rotatable bonds is 3. The summed E-state index contributed by atoms with van der Waals surface area (Å²) in [6, 6.07) is 13.4. The zero-order valence-electron chi connectivity index (χ0n) is 15.3. The van der Waals surface area contributed by atoms with Gasteiger partial charge in [-0.05, 0) is 36.8 Å². The maximum absolute atomic E-state index is 12.8. The second-order valence-electron chi connectivity index (χ2n) is 6.70. The summed E-state index contributed by atoms with van der Waals surface area (Å²) in [4.78, 5) is 33.0. The summed E-state index contributed by atoms with van der Waals surface area (Å²) in [7, 11) is 3.92. The van der Waals surface area contributed by atoms with Crippen LogP contribution in [-0.2, 0) is 0 Å². The van der Waals surface area contributed by atoms with E-state index in [0.29, 0.717) is 11.0 Å². The Morgan fingerprint density at radius 1 is 1.00 bits per heavy atom. The molecule has 0 aliphatic carbocycles. The zero-order chi connectivity index (χ0) is 19.1. The summed E-state index contributed by atoms with van der Waals surface area (Å²) in [5.41, 5.74) is 3.47. The summed E-state index contributed by atoms with van der Waals surface area (Å²) in [5.74, 6) is 0. The van der Waals surface area contributed by atoms with Gasteiger partial charge in [0.2, 0.25) is 0 Å². The highest BCUT2D eigenvalue weighted by Gasteiger charge is 2.12. The Balaban J connectivity index is 1.81. The number of hydrogen-bond donors (Lipinski definition) is 2. The molecule has 4 aromatic rings. The van der Waals surface area contributed by atoms with Crippen molar-refractivity contribution in [2.75, 3.05) is 19.0 Å². The molecular weight excluding hydrogens is 342 g/mol. The molecule has 0 bridgehead atoms. The van der Waals surface area contributed by atoms with Crippen molar-refractivity contribution in [2.45, 2.75) is 6.92 Å². The van der Waals surface area contributed by atoms with Crippen molar-refractivity contribution in [1.29, 1.82) is 0 Å². The van der Waals surface area contributed by atoms with Gasteiger partial charge in [0.15, 0.2) is 0 Å². The van der Waals surface area contributed by atoms with Crippen LogP contribution in [0.1, 0.15) is 11.1 Å². The summed E-state index contributed by atoms with van der Waals surface area (Å²) in [6.07, 6.45) is 1.49. The highest BCUT2D eigenvalue weighted by Crippen LogP contribution is 2.21. The van der Waals surface area contributed by atoms with E-state index in [2.05, 4.69) is 15.1 Å². The number of aromatic nitrogens is 3. The minimum Gasteiger partial charge on any atom is -0.378 e. The van der Waals surface area contributed by atoms with Gasteiger partial charge in [-0.2, -0.15) is 5.10 Å². The molecule has 2 heterocycles. The maximum atomic E-state index is 12.8. The highest BCUT2D eigenvalue weighted by molar-refractivity contribution is 6.04. The first-order chi connectivity index (χ1) is 12.9. The van der Waals surface area contributed by atoms with Crippen molar-refractivity contribution >= 4 is 33.8 Å². The first-order valence-electron chi connectivity index (χ1n) is 8.53. The molecule has 0 unspecified atom stereocenters. The molecule has 0 atom stereocenters. The Morgan fingerprint density at radius 2 is 1.74 bits per heavy atom. The summed E-state index contributed by atoms with van der Waals surface area (Å²) < 4.78 is 0.838. The van der Waals surface area contributed by atoms with Crippen LogP contribution in [0.5, 0.6) is 0 Å². The van der Waals surface area contributed by atoms with Crippen LogP contribution in [0.15, 0.2) is 57.2 Å². The molecule has 27 heavy (non-hydrogen) atoms. The Bertz CT molecular complexity index is 1290. The number of aromatic amines is 2. The van der Waals surface area contributed by atoms with E-state index >= 15 is 0 Å². The molecular formula is C20H19N5O2. The SMILES string of the molecule is Cc1ccc2[nH]c3c(=O)n(N=Cc4ccc(N(C)C)cc4)c(=O)[nH]c3c2c1. The fourth-order valence-electron chi connectivity index (χ4n) is 3.04. The van der Waals surface area contributed by atoms with Crippen molar-refractivity contribution in [3.05, 3.63) is 74.4 Å². The first-order valence-corrected chi connectivity index (χ1v) is 8.53. The number of hydrogen-bond acceptors (Lipinski definition) is 4. The lowest BCUT2D eigenvalue weighted by atomic mass is 10.2. The maximum Gasteiger partial charge on any atom is 0.350 e. The Labute approximate surface area is 154 Å². The molecule has 7 heteroatoms. The molecule has 7 nitrogen and oxygen atoms in total. The molecule has 0 radical (unpaired) electrons. The number of H-pyrrole nitrogens is 2. The predicted octanol–water partition coefficient (Wildman–Crippen LogP) is 2.43. The number of fused-ring (bicyclic) bond motifs is 3. The first kappa shape index (κ1) is 16.8. The van der Waals surface area contributed by atoms with E-state index in [1.807, 2.05) is 68.4 Å². The van der Waals surface area contributed by atoms with Gasteiger partial charge >= 0.3 is 11.2 Å². The van der Waals surface area contributed by atoms with Gasteiger partial charge < -0.3 is 14.9 Å². The van der Waals surface area contributed by atoms with Crippen molar-refractivity contribution in [3.63, 3.8) is 0 Å². The lowest BCUT2D eigenvalue weighted by molar-refractivity contribution is 0.770. The molecule has 2 aromatic carbocycles. The van der Waals surface area contributed by atoms with Gasteiger partial charge in [-0.3, -0.25) is 4.79 Å². The fourth-order valence-corrected chi connectivity index (χ4v) is 3.04. The molecule has 136 valence electrons. The summed E-state index contributed by atoms with van der Waals surface area (Å²) >= 11 is 0. The Morgan fingerprint density at radius 3 is 2.44 bits per heavy atom. The molecule has 0 spiro atoms. The average Bonchev–Trinajstić information content (AvgIpc) is 3.00. The molecule has 0 amide bonds. The number of nitrogens with one attached hydrogen (secondary N) is 2. The molecule has 2 aromatic heterocycles. The van der Waals surface area contributed by atoms with Crippen molar-refractivity contribution < 1.29 is 0 Å². The number of aryl methyl sites for hydroxylation is 1. The number of anilines is 1. The van der Waals surface area contributed by atoms with E-state index in [0.717, 1.165) is 32.4 Å². The largest absolute Gasteiger partial charge is 0.378 e. The third-order valence-electron chi connectivity index (χ3n) is 4.52. The quantitative estimate of drug-likeness (QED) is 0.550.